The summed E-state index contributed by atoms with van der Waals surface area (Å²) < 4.78 is 32.0. The molecule has 0 spiro atoms. The summed E-state index contributed by atoms with van der Waals surface area (Å²) in [5, 5.41) is 8.78. The van der Waals surface area contributed by atoms with E-state index in [1.54, 1.807) is 0 Å². The molecule has 0 aromatic carbocycles. The van der Waals surface area contributed by atoms with Gasteiger partial charge in [0.1, 0.15) is 12.6 Å². The van der Waals surface area contributed by atoms with Gasteiger partial charge in [-0.2, -0.15) is 0 Å². The van der Waals surface area contributed by atoms with E-state index in [0.717, 1.165) is 25.7 Å². The van der Waals surface area contributed by atoms with Crippen LogP contribution in [0, 0.1) is 0 Å². The lowest BCUT2D eigenvalue weighted by Crippen LogP contribution is -2.34. The highest BCUT2D eigenvalue weighted by Gasteiger charge is 2.28. The molecule has 0 amide bonds. The number of allylic oxidation sites excluding steroid dienone is 2. The number of ether oxygens (including phenoxy) is 2. The number of hydrogen-bond acceptors (Lipinski definition) is 9. The third-order valence-corrected chi connectivity index (χ3v) is 8.21. The number of carboxylic acid groups (broad SMARTS) is 1. The van der Waals surface area contributed by atoms with E-state index in [1.165, 1.54) is 83.5 Å². The van der Waals surface area contributed by atoms with Crippen molar-refractivity contribution in [2.24, 2.45) is 5.73 Å². The lowest BCUT2D eigenvalue weighted by Gasteiger charge is -2.20. The summed E-state index contributed by atoms with van der Waals surface area (Å²) in [4.78, 5) is 44.9. The van der Waals surface area contributed by atoms with Gasteiger partial charge in [0.2, 0.25) is 0 Å². The maximum absolute atomic E-state index is 12.4. The first kappa shape index (κ1) is 43.2. The van der Waals surface area contributed by atoms with Crippen LogP contribution in [-0.2, 0) is 37.5 Å². The summed E-state index contributed by atoms with van der Waals surface area (Å²) >= 11 is 0. The molecule has 0 aliphatic carbocycles. The number of carbonyl (C=O) groups is 3. The molecule has 0 heterocycles. The lowest BCUT2D eigenvalue weighted by atomic mass is 10.1. The number of rotatable bonds is 32. The molecule has 0 radical (unpaired) electrons. The number of carbonyl (C=O) groups excluding carboxylic acids is 2. The Morgan fingerprint density at radius 3 is 1.67 bits per heavy atom. The van der Waals surface area contributed by atoms with E-state index in [0.29, 0.717) is 12.8 Å². The van der Waals surface area contributed by atoms with Crippen molar-refractivity contribution in [3.8, 4) is 0 Å². The quantitative estimate of drug-likeness (QED) is 0.0278. The van der Waals surface area contributed by atoms with Gasteiger partial charge in [0, 0.05) is 12.8 Å². The molecule has 264 valence electrons. The highest BCUT2D eigenvalue weighted by molar-refractivity contribution is 7.47. The summed E-state index contributed by atoms with van der Waals surface area (Å²) in [5.74, 6) is -2.42. The number of unbranched alkanes of at least 4 members (excludes halogenated alkanes) is 16. The number of phosphoric acid groups is 1. The summed E-state index contributed by atoms with van der Waals surface area (Å²) in [5.41, 5.74) is 5.27. The Balaban J connectivity index is 4.12. The predicted molar refractivity (Wildman–Crippen MR) is 176 cm³/mol. The first-order valence-corrected chi connectivity index (χ1v) is 18.7. The van der Waals surface area contributed by atoms with Gasteiger partial charge < -0.3 is 25.2 Å². The molecule has 0 saturated carbocycles. The van der Waals surface area contributed by atoms with E-state index in [4.69, 9.17) is 24.8 Å². The van der Waals surface area contributed by atoms with Gasteiger partial charge in [-0.05, 0) is 38.5 Å². The Hall–Kier alpha value is -1.78. The van der Waals surface area contributed by atoms with E-state index >= 15 is 0 Å². The van der Waals surface area contributed by atoms with Crippen LogP contribution in [0.5, 0.6) is 0 Å². The highest BCUT2D eigenvalue weighted by atomic mass is 31.2. The summed E-state index contributed by atoms with van der Waals surface area (Å²) in [6, 6.07) is -1.51. The van der Waals surface area contributed by atoms with E-state index < -0.39 is 51.1 Å². The van der Waals surface area contributed by atoms with Crippen molar-refractivity contribution in [1.29, 1.82) is 0 Å². The molecule has 0 fully saturated rings. The monoisotopic (exact) mass is 663 g/mol. The smallest absolute Gasteiger partial charge is 0.472 e. The van der Waals surface area contributed by atoms with Gasteiger partial charge in [0.25, 0.3) is 0 Å². The van der Waals surface area contributed by atoms with Crippen LogP contribution in [0.2, 0.25) is 0 Å². The molecular formula is C33H62NO10P. The van der Waals surface area contributed by atoms with Gasteiger partial charge in [-0.25, -0.2) is 4.57 Å². The van der Waals surface area contributed by atoms with Crippen molar-refractivity contribution in [1.82, 2.24) is 0 Å². The molecule has 0 saturated heterocycles. The van der Waals surface area contributed by atoms with Gasteiger partial charge in [0.05, 0.1) is 13.2 Å². The third kappa shape index (κ3) is 29.4. The largest absolute Gasteiger partial charge is 0.480 e. The molecule has 0 aromatic heterocycles. The Bertz CT molecular complexity index is 838. The Morgan fingerprint density at radius 2 is 1.13 bits per heavy atom. The highest BCUT2D eigenvalue weighted by Crippen LogP contribution is 2.43. The molecule has 0 aliphatic heterocycles. The van der Waals surface area contributed by atoms with Crippen LogP contribution in [0.3, 0.4) is 0 Å². The standard InChI is InChI=1S/C33H62NO10P/c1-3-5-7-8-9-10-11-12-13-14-15-16-17-18-19-20-21-22-23-25-32(36)44-29(26-41-31(35)24-6-4-2)27-42-45(39,40)43-28-30(34)33(37)38/h12-13,29-30H,3-11,14-28,34H2,1-2H3,(H,37,38)(H,39,40)/b13-12-. The van der Waals surface area contributed by atoms with Crippen LogP contribution >= 0.6 is 7.82 Å². The van der Waals surface area contributed by atoms with E-state index in [1.807, 2.05) is 6.92 Å². The molecule has 45 heavy (non-hydrogen) atoms. The van der Waals surface area contributed by atoms with Crippen LogP contribution < -0.4 is 5.73 Å². The molecule has 3 atom stereocenters. The fourth-order valence-corrected chi connectivity index (χ4v) is 5.23. The van der Waals surface area contributed by atoms with E-state index in [2.05, 4.69) is 23.6 Å². The number of phosphoric ester groups is 1. The topological polar surface area (TPSA) is 172 Å². The Labute approximate surface area is 271 Å². The zero-order valence-corrected chi connectivity index (χ0v) is 28.9. The fraction of sp³-hybridized carbons (Fsp3) is 0.848. The third-order valence-electron chi connectivity index (χ3n) is 7.26. The van der Waals surface area contributed by atoms with Crippen LogP contribution in [0.25, 0.3) is 0 Å². The van der Waals surface area contributed by atoms with Crippen molar-refractivity contribution >= 4 is 25.7 Å². The summed E-state index contributed by atoms with van der Waals surface area (Å²) in [6.45, 7) is 2.49. The van der Waals surface area contributed by atoms with Crippen LogP contribution in [-0.4, -0.2) is 59.9 Å². The molecule has 0 rings (SSSR count). The van der Waals surface area contributed by atoms with Crippen molar-refractivity contribution in [2.45, 2.75) is 161 Å². The van der Waals surface area contributed by atoms with Gasteiger partial charge >= 0.3 is 25.7 Å². The molecule has 0 aliphatic rings. The van der Waals surface area contributed by atoms with E-state index in [9.17, 15) is 23.8 Å². The average Bonchev–Trinajstić information content (AvgIpc) is 3.01. The second-order valence-corrected chi connectivity index (χ2v) is 13.1. The average molecular weight is 664 g/mol. The van der Waals surface area contributed by atoms with Crippen molar-refractivity contribution in [2.75, 3.05) is 19.8 Å². The molecular weight excluding hydrogens is 601 g/mol. The van der Waals surface area contributed by atoms with Crippen molar-refractivity contribution < 1.29 is 47.5 Å². The lowest BCUT2D eigenvalue weighted by molar-refractivity contribution is -0.161. The zero-order chi connectivity index (χ0) is 33.6. The fourth-order valence-electron chi connectivity index (χ4n) is 4.45. The number of nitrogens with two attached hydrogens (primary N) is 1. The maximum atomic E-state index is 12.4. The minimum absolute atomic E-state index is 0.160. The minimum atomic E-state index is -4.68. The molecule has 12 heteroatoms. The number of esters is 2. The van der Waals surface area contributed by atoms with Crippen molar-refractivity contribution in [3.63, 3.8) is 0 Å². The SMILES string of the molecule is CCCCCCCC/C=C\CCCCCCCCCCCC(=O)OC(COC(=O)CCCC)COP(=O)(O)OCC(N)C(=O)O. The molecule has 3 unspecified atom stereocenters. The van der Waals surface area contributed by atoms with Crippen molar-refractivity contribution in [3.05, 3.63) is 12.2 Å². The minimum Gasteiger partial charge on any atom is -0.480 e. The zero-order valence-electron chi connectivity index (χ0n) is 28.0. The Kier molecular flexibility index (Phi) is 28.4. The normalized spacial score (nSPS) is 14.2. The van der Waals surface area contributed by atoms with Crippen LogP contribution in [0.15, 0.2) is 12.2 Å². The molecule has 11 nitrogen and oxygen atoms in total. The Morgan fingerprint density at radius 1 is 0.667 bits per heavy atom. The predicted octanol–water partition coefficient (Wildman–Crippen LogP) is 7.78. The van der Waals surface area contributed by atoms with Crippen LogP contribution in [0.4, 0.5) is 0 Å². The van der Waals surface area contributed by atoms with Gasteiger partial charge in [0.15, 0.2) is 6.10 Å². The first-order valence-electron chi connectivity index (χ1n) is 17.2. The maximum Gasteiger partial charge on any atom is 0.472 e. The van der Waals surface area contributed by atoms with Crippen LogP contribution in [0.1, 0.15) is 149 Å². The van der Waals surface area contributed by atoms with E-state index in [-0.39, 0.29) is 19.4 Å². The summed E-state index contributed by atoms with van der Waals surface area (Å²) in [6.07, 6.45) is 25.7. The number of aliphatic carboxylic acids is 1. The van der Waals surface area contributed by atoms with Gasteiger partial charge in [-0.1, -0.05) is 109 Å². The molecule has 0 bridgehead atoms. The second-order valence-electron chi connectivity index (χ2n) is 11.7. The number of hydrogen-bond donors (Lipinski definition) is 3. The molecule has 0 aromatic rings. The van der Waals surface area contributed by atoms with Gasteiger partial charge in [-0.3, -0.25) is 23.4 Å². The second kappa shape index (κ2) is 29.6. The molecule has 4 N–H and O–H groups in total. The summed E-state index contributed by atoms with van der Waals surface area (Å²) in [7, 11) is -4.68. The first-order chi connectivity index (χ1) is 21.6. The number of carboxylic acids is 1. The van der Waals surface area contributed by atoms with Gasteiger partial charge in [-0.15, -0.1) is 0 Å².